The highest BCUT2D eigenvalue weighted by molar-refractivity contribution is 5.85. The molecule has 0 radical (unpaired) electrons. The van der Waals surface area contributed by atoms with Crippen molar-refractivity contribution >= 4 is 10.9 Å². The molecule has 2 unspecified atom stereocenters. The Hall–Kier alpha value is -2.57. The van der Waals surface area contributed by atoms with Crippen molar-refractivity contribution in [3.63, 3.8) is 0 Å². The number of fused-ring (bicyclic) bond motifs is 1. The number of piperidine rings is 1. The lowest BCUT2D eigenvalue weighted by Gasteiger charge is -2.32. The van der Waals surface area contributed by atoms with Crippen molar-refractivity contribution in [1.82, 2.24) is 9.88 Å². The number of nitrogens with zero attached hydrogens (tertiary/aromatic N) is 2. The van der Waals surface area contributed by atoms with Gasteiger partial charge in [0.05, 0.1) is 11.6 Å². The van der Waals surface area contributed by atoms with Crippen LogP contribution >= 0.6 is 0 Å². The largest absolute Gasteiger partial charge is 0.361 e. The molecule has 2 aliphatic rings. The first-order valence-electron chi connectivity index (χ1n) is 10.6. The van der Waals surface area contributed by atoms with E-state index in [4.69, 9.17) is 0 Å². The van der Waals surface area contributed by atoms with Crippen LogP contribution in [0.1, 0.15) is 41.9 Å². The van der Waals surface area contributed by atoms with Crippen LogP contribution in [-0.4, -0.2) is 29.5 Å². The standard InChI is InChI=1S/C25H27N3/c26-15-20-6-7-25-23(13-20)24(16-27-25)22-14-21(22)17-28-10-8-19(9-11-28)12-18-4-2-1-3-5-18/h1-7,13,16,19,21-22,27H,8-12,14,17H2. The number of hydrogen-bond donors (Lipinski definition) is 1. The summed E-state index contributed by atoms with van der Waals surface area (Å²) in [5.74, 6) is 2.27. The van der Waals surface area contributed by atoms with Gasteiger partial charge in [0.1, 0.15) is 0 Å². The average molecular weight is 370 g/mol. The number of nitrogens with one attached hydrogen (secondary N) is 1. The van der Waals surface area contributed by atoms with Crippen molar-refractivity contribution in [3.05, 3.63) is 71.4 Å². The van der Waals surface area contributed by atoms with Gasteiger partial charge in [-0.05, 0) is 85.9 Å². The van der Waals surface area contributed by atoms with Gasteiger partial charge in [-0.1, -0.05) is 30.3 Å². The van der Waals surface area contributed by atoms with Gasteiger partial charge in [-0.2, -0.15) is 5.26 Å². The summed E-state index contributed by atoms with van der Waals surface area (Å²) in [6.45, 7) is 3.72. The number of H-pyrrole nitrogens is 1. The summed E-state index contributed by atoms with van der Waals surface area (Å²) in [5.41, 5.74) is 4.81. The van der Waals surface area contributed by atoms with Gasteiger partial charge in [0.15, 0.2) is 0 Å². The van der Waals surface area contributed by atoms with Crippen LogP contribution in [0.5, 0.6) is 0 Å². The molecule has 0 amide bonds. The highest BCUT2D eigenvalue weighted by Gasteiger charge is 2.41. The van der Waals surface area contributed by atoms with Crippen LogP contribution in [0.3, 0.4) is 0 Å². The van der Waals surface area contributed by atoms with E-state index in [-0.39, 0.29) is 0 Å². The Bertz CT molecular complexity index is 990. The third kappa shape index (κ3) is 3.57. The number of nitriles is 1. The van der Waals surface area contributed by atoms with Crippen LogP contribution in [0.25, 0.3) is 10.9 Å². The zero-order valence-electron chi connectivity index (χ0n) is 16.3. The maximum absolute atomic E-state index is 9.20. The second-order valence-electron chi connectivity index (χ2n) is 8.65. The predicted molar refractivity (Wildman–Crippen MR) is 113 cm³/mol. The lowest BCUT2D eigenvalue weighted by Crippen LogP contribution is -2.35. The molecule has 28 heavy (non-hydrogen) atoms. The zero-order chi connectivity index (χ0) is 18.9. The van der Waals surface area contributed by atoms with Crippen molar-refractivity contribution in [2.24, 2.45) is 11.8 Å². The van der Waals surface area contributed by atoms with Gasteiger partial charge in [0, 0.05) is 23.6 Å². The van der Waals surface area contributed by atoms with E-state index in [2.05, 4.69) is 52.5 Å². The molecule has 3 nitrogen and oxygen atoms in total. The van der Waals surface area contributed by atoms with Crippen molar-refractivity contribution in [1.29, 1.82) is 5.26 Å². The van der Waals surface area contributed by atoms with Crippen LogP contribution in [0.4, 0.5) is 0 Å². The van der Waals surface area contributed by atoms with E-state index in [0.717, 1.165) is 22.9 Å². The molecule has 5 rings (SSSR count). The molecule has 1 saturated carbocycles. The monoisotopic (exact) mass is 369 g/mol. The Morgan fingerprint density at radius 2 is 1.89 bits per heavy atom. The van der Waals surface area contributed by atoms with Crippen LogP contribution in [0.2, 0.25) is 0 Å². The number of hydrogen-bond acceptors (Lipinski definition) is 2. The fraction of sp³-hybridized carbons (Fsp3) is 0.400. The minimum atomic E-state index is 0.657. The fourth-order valence-electron chi connectivity index (χ4n) is 5.00. The predicted octanol–water partition coefficient (Wildman–Crippen LogP) is 5.10. The molecule has 1 saturated heterocycles. The lowest BCUT2D eigenvalue weighted by atomic mass is 9.90. The van der Waals surface area contributed by atoms with E-state index < -0.39 is 0 Å². The first-order chi connectivity index (χ1) is 13.8. The minimum absolute atomic E-state index is 0.657. The van der Waals surface area contributed by atoms with E-state index >= 15 is 0 Å². The fourth-order valence-corrected chi connectivity index (χ4v) is 5.00. The molecule has 2 fully saturated rings. The molecule has 1 aromatic heterocycles. The minimum Gasteiger partial charge on any atom is -0.361 e. The van der Waals surface area contributed by atoms with Gasteiger partial charge >= 0.3 is 0 Å². The van der Waals surface area contributed by atoms with Crippen molar-refractivity contribution in [2.45, 2.75) is 31.6 Å². The van der Waals surface area contributed by atoms with Crippen LogP contribution in [-0.2, 0) is 6.42 Å². The smallest absolute Gasteiger partial charge is 0.0991 e. The molecule has 2 atom stereocenters. The number of aromatic amines is 1. The molecule has 142 valence electrons. The Morgan fingerprint density at radius 1 is 1.07 bits per heavy atom. The SMILES string of the molecule is N#Cc1ccc2[nH]cc(C3CC3CN3CCC(Cc4ccccc4)CC3)c2c1. The van der Waals surface area contributed by atoms with E-state index in [1.807, 2.05) is 18.2 Å². The first-order valence-corrected chi connectivity index (χ1v) is 10.6. The lowest BCUT2D eigenvalue weighted by molar-refractivity contribution is 0.177. The van der Waals surface area contributed by atoms with Gasteiger partial charge in [0.2, 0.25) is 0 Å². The molecule has 3 heteroatoms. The van der Waals surface area contributed by atoms with Gasteiger partial charge < -0.3 is 9.88 Å². The summed E-state index contributed by atoms with van der Waals surface area (Å²) in [5, 5.41) is 10.4. The van der Waals surface area contributed by atoms with Gasteiger partial charge in [-0.25, -0.2) is 0 Å². The normalized spacial score (nSPS) is 23.0. The summed E-state index contributed by atoms with van der Waals surface area (Å²) in [6, 6.07) is 19.2. The second-order valence-corrected chi connectivity index (χ2v) is 8.65. The van der Waals surface area contributed by atoms with Gasteiger partial charge in [0.25, 0.3) is 0 Å². The average Bonchev–Trinajstić information content (AvgIpc) is 3.37. The second kappa shape index (κ2) is 7.45. The molecular weight excluding hydrogens is 342 g/mol. The van der Waals surface area contributed by atoms with E-state index in [1.54, 1.807) is 0 Å². The molecule has 2 heterocycles. The topological polar surface area (TPSA) is 42.8 Å². The summed E-state index contributed by atoms with van der Waals surface area (Å²) in [6.07, 6.45) is 7.34. The molecule has 0 bridgehead atoms. The summed E-state index contributed by atoms with van der Waals surface area (Å²) >= 11 is 0. The third-order valence-corrected chi connectivity index (χ3v) is 6.73. The number of benzene rings is 2. The van der Waals surface area contributed by atoms with Crippen LogP contribution in [0, 0.1) is 23.2 Å². The first kappa shape index (κ1) is 17.5. The quantitative estimate of drug-likeness (QED) is 0.680. The van der Waals surface area contributed by atoms with E-state index in [0.29, 0.717) is 5.92 Å². The van der Waals surface area contributed by atoms with Gasteiger partial charge in [-0.15, -0.1) is 0 Å². The number of aromatic nitrogens is 1. The summed E-state index contributed by atoms with van der Waals surface area (Å²) < 4.78 is 0. The molecule has 1 N–H and O–H groups in total. The van der Waals surface area contributed by atoms with Crippen molar-refractivity contribution in [3.8, 4) is 6.07 Å². The van der Waals surface area contributed by atoms with E-state index in [1.165, 1.54) is 61.8 Å². The zero-order valence-corrected chi connectivity index (χ0v) is 16.3. The maximum Gasteiger partial charge on any atom is 0.0991 e. The maximum atomic E-state index is 9.20. The molecule has 0 spiro atoms. The highest BCUT2D eigenvalue weighted by atomic mass is 15.1. The Balaban J connectivity index is 1.16. The summed E-state index contributed by atoms with van der Waals surface area (Å²) in [4.78, 5) is 6.07. The van der Waals surface area contributed by atoms with Crippen molar-refractivity contribution in [2.75, 3.05) is 19.6 Å². The number of likely N-dealkylation sites (tertiary alicyclic amines) is 1. The number of rotatable bonds is 5. The molecule has 3 aromatic rings. The Kier molecular flexibility index (Phi) is 4.66. The van der Waals surface area contributed by atoms with Gasteiger partial charge in [-0.3, -0.25) is 0 Å². The van der Waals surface area contributed by atoms with E-state index in [9.17, 15) is 5.26 Å². The Labute approximate surface area is 167 Å². The van der Waals surface area contributed by atoms with Crippen LogP contribution < -0.4 is 0 Å². The highest BCUT2D eigenvalue weighted by Crippen LogP contribution is 2.50. The Morgan fingerprint density at radius 3 is 2.68 bits per heavy atom. The molecule has 1 aliphatic heterocycles. The molecule has 1 aliphatic carbocycles. The van der Waals surface area contributed by atoms with Crippen LogP contribution in [0.15, 0.2) is 54.7 Å². The third-order valence-electron chi connectivity index (χ3n) is 6.73. The van der Waals surface area contributed by atoms with Crippen molar-refractivity contribution < 1.29 is 0 Å². The molecule has 2 aromatic carbocycles. The summed E-state index contributed by atoms with van der Waals surface area (Å²) in [7, 11) is 0. The molecular formula is C25H27N3.